The van der Waals surface area contributed by atoms with Gasteiger partial charge in [-0.2, -0.15) is 0 Å². The number of pyridine rings is 1. The number of carbonyl (C=O) groups is 2. The number of ether oxygens (including phenoxy) is 1. The lowest BCUT2D eigenvalue weighted by atomic mass is 10.1. The second-order valence-electron chi connectivity index (χ2n) is 5.79. The van der Waals surface area contributed by atoms with Crippen LogP contribution in [0.5, 0.6) is 0 Å². The molecule has 0 fully saturated rings. The highest BCUT2D eigenvalue weighted by molar-refractivity contribution is 5.98. The summed E-state index contributed by atoms with van der Waals surface area (Å²) >= 11 is 0. The van der Waals surface area contributed by atoms with Gasteiger partial charge in [-0.15, -0.1) is 0 Å². The maximum Gasteiger partial charge on any atom is 0.340 e. The van der Waals surface area contributed by atoms with Gasteiger partial charge in [0.15, 0.2) is 0 Å². The zero-order valence-corrected chi connectivity index (χ0v) is 14.3. The number of nitrogens with one attached hydrogen (secondary N) is 1. The van der Waals surface area contributed by atoms with Crippen molar-refractivity contribution in [2.75, 3.05) is 5.32 Å². The topological polar surface area (TPSA) is 68.3 Å². The minimum absolute atomic E-state index is 0.288. The van der Waals surface area contributed by atoms with Crippen LogP contribution in [0.15, 0.2) is 79.1 Å². The van der Waals surface area contributed by atoms with Gasteiger partial charge in [0.2, 0.25) is 6.10 Å². The second kappa shape index (κ2) is 8.07. The first-order valence-corrected chi connectivity index (χ1v) is 8.17. The smallest absolute Gasteiger partial charge is 0.340 e. The molecule has 0 bridgehead atoms. The van der Waals surface area contributed by atoms with Gasteiger partial charge in [-0.05, 0) is 31.2 Å². The summed E-state index contributed by atoms with van der Waals surface area (Å²) in [6.45, 7) is 1.97. The highest BCUT2D eigenvalue weighted by Crippen LogP contribution is 2.21. The minimum atomic E-state index is -1.06. The van der Waals surface area contributed by atoms with E-state index in [4.69, 9.17) is 4.74 Å². The maximum absolute atomic E-state index is 12.8. The molecule has 0 saturated carbocycles. The maximum atomic E-state index is 12.8. The Morgan fingerprint density at radius 2 is 1.69 bits per heavy atom. The van der Waals surface area contributed by atoms with Crippen LogP contribution in [0.3, 0.4) is 0 Å². The lowest BCUT2D eigenvalue weighted by molar-refractivity contribution is -0.125. The molecular weight excluding hydrogens is 328 g/mol. The summed E-state index contributed by atoms with van der Waals surface area (Å²) in [5.41, 5.74) is 2.61. The van der Waals surface area contributed by atoms with Crippen molar-refractivity contribution < 1.29 is 14.3 Å². The molecule has 1 heterocycles. The van der Waals surface area contributed by atoms with E-state index in [9.17, 15) is 9.59 Å². The zero-order chi connectivity index (χ0) is 18.4. The van der Waals surface area contributed by atoms with E-state index in [2.05, 4.69) is 10.3 Å². The first-order chi connectivity index (χ1) is 12.6. The largest absolute Gasteiger partial charge is 0.444 e. The van der Waals surface area contributed by atoms with Gasteiger partial charge in [0.05, 0.1) is 5.56 Å². The van der Waals surface area contributed by atoms with E-state index in [0.717, 1.165) is 5.56 Å². The van der Waals surface area contributed by atoms with Crippen LogP contribution in [0.1, 0.15) is 27.6 Å². The van der Waals surface area contributed by atoms with Crippen LogP contribution in [0.2, 0.25) is 0 Å². The SMILES string of the molecule is Cc1ccc(NC(=O)[C@H](OC(=O)c2cccnc2)c2ccccc2)cc1. The quantitative estimate of drug-likeness (QED) is 0.711. The van der Waals surface area contributed by atoms with Gasteiger partial charge in [0, 0.05) is 23.6 Å². The summed E-state index contributed by atoms with van der Waals surface area (Å²) in [5.74, 6) is -1.02. The molecule has 5 heteroatoms. The van der Waals surface area contributed by atoms with Crippen LogP contribution in [-0.4, -0.2) is 16.9 Å². The number of rotatable bonds is 5. The Kier molecular flexibility index (Phi) is 5.39. The summed E-state index contributed by atoms with van der Waals surface area (Å²) in [7, 11) is 0. The molecule has 5 nitrogen and oxygen atoms in total. The van der Waals surface area contributed by atoms with Gasteiger partial charge >= 0.3 is 5.97 Å². The van der Waals surface area contributed by atoms with E-state index < -0.39 is 18.0 Å². The molecule has 3 aromatic rings. The number of benzene rings is 2. The molecule has 130 valence electrons. The van der Waals surface area contributed by atoms with Gasteiger partial charge < -0.3 is 10.1 Å². The van der Waals surface area contributed by atoms with Crippen molar-refractivity contribution in [2.45, 2.75) is 13.0 Å². The number of nitrogens with zero attached hydrogens (tertiary/aromatic N) is 1. The van der Waals surface area contributed by atoms with E-state index in [1.165, 1.54) is 6.20 Å². The normalized spacial score (nSPS) is 11.4. The fourth-order valence-electron chi connectivity index (χ4n) is 2.40. The van der Waals surface area contributed by atoms with Crippen molar-refractivity contribution in [1.82, 2.24) is 4.98 Å². The molecule has 0 radical (unpaired) electrons. The lowest BCUT2D eigenvalue weighted by Gasteiger charge is -2.18. The fraction of sp³-hybridized carbons (Fsp3) is 0.0952. The van der Waals surface area contributed by atoms with Crippen molar-refractivity contribution in [3.63, 3.8) is 0 Å². The Balaban J connectivity index is 1.82. The van der Waals surface area contributed by atoms with Crippen LogP contribution in [0.4, 0.5) is 5.69 Å². The lowest BCUT2D eigenvalue weighted by Crippen LogP contribution is -2.26. The summed E-state index contributed by atoms with van der Waals surface area (Å²) in [6.07, 6.45) is 1.91. The standard InChI is InChI=1S/C21H18N2O3/c1-15-9-11-18(12-10-15)23-20(24)19(16-6-3-2-4-7-16)26-21(25)17-8-5-13-22-14-17/h2-14,19H,1H3,(H,23,24)/t19-/m1/s1. The molecule has 1 atom stereocenters. The van der Waals surface area contributed by atoms with E-state index in [0.29, 0.717) is 11.3 Å². The van der Waals surface area contributed by atoms with Crippen molar-refractivity contribution in [1.29, 1.82) is 0 Å². The predicted octanol–water partition coefficient (Wildman–Crippen LogP) is 3.93. The number of aryl methyl sites for hydroxylation is 1. The molecule has 0 saturated heterocycles. The Labute approximate surface area is 151 Å². The zero-order valence-electron chi connectivity index (χ0n) is 14.3. The molecule has 0 aliphatic carbocycles. The monoisotopic (exact) mass is 346 g/mol. The molecular formula is C21H18N2O3. The van der Waals surface area contributed by atoms with E-state index >= 15 is 0 Å². The highest BCUT2D eigenvalue weighted by atomic mass is 16.5. The molecule has 0 aliphatic heterocycles. The van der Waals surface area contributed by atoms with Crippen molar-refractivity contribution in [3.05, 3.63) is 95.8 Å². The minimum Gasteiger partial charge on any atom is -0.444 e. The predicted molar refractivity (Wildman–Crippen MR) is 98.6 cm³/mol. The van der Waals surface area contributed by atoms with Gasteiger partial charge in [-0.25, -0.2) is 4.79 Å². The number of aromatic nitrogens is 1. The van der Waals surface area contributed by atoms with Crippen LogP contribution in [0, 0.1) is 6.92 Å². The van der Waals surface area contributed by atoms with Gasteiger partial charge in [-0.3, -0.25) is 9.78 Å². The molecule has 1 amide bonds. The first-order valence-electron chi connectivity index (χ1n) is 8.17. The van der Waals surface area contributed by atoms with Crippen LogP contribution >= 0.6 is 0 Å². The third-order valence-corrected chi connectivity index (χ3v) is 3.78. The van der Waals surface area contributed by atoms with Crippen LogP contribution in [0.25, 0.3) is 0 Å². The molecule has 1 N–H and O–H groups in total. The van der Waals surface area contributed by atoms with Gasteiger partial charge in [0.1, 0.15) is 0 Å². The number of esters is 1. The Morgan fingerprint density at radius 3 is 2.35 bits per heavy atom. The molecule has 3 rings (SSSR count). The summed E-state index contributed by atoms with van der Waals surface area (Å²) < 4.78 is 5.49. The summed E-state index contributed by atoms with van der Waals surface area (Å²) in [5, 5.41) is 2.79. The third kappa shape index (κ3) is 4.33. The van der Waals surface area contributed by atoms with E-state index in [1.807, 2.05) is 25.1 Å². The van der Waals surface area contributed by atoms with Crippen LogP contribution in [-0.2, 0) is 9.53 Å². The fourth-order valence-corrected chi connectivity index (χ4v) is 2.40. The molecule has 2 aromatic carbocycles. The summed E-state index contributed by atoms with van der Waals surface area (Å²) in [6, 6.07) is 19.5. The Morgan fingerprint density at radius 1 is 0.962 bits per heavy atom. The Hall–Kier alpha value is -3.47. The van der Waals surface area contributed by atoms with Crippen molar-refractivity contribution in [2.24, 2.45) is 0 Å². The average Bonchev–Trinajstić information content (AvgIpc) is 2.69. The highest BCUT2D eigenvalue weighted by Gasteiger charge is 2.25. The average molecular weight is 346 g/mol. The molecule has 0 spiro atoms. The number of hydrogen-bond acceptors (Lipinski definition) is 4. The Bertz CT molecular complexity index is 878. The van der Waals surface area contributed by atoms with Gasteiger partial charge in [-0.1, -0.05) is 48.0 Å². The van der Waals surface area contributed by atoms with Gasteiger partial charge in [0.25, 0.3) is 5.91 Å². The molecule has 0 unspecified atom stereocenters. The number of anilines is 1. The second-order valence-corrected chi connectivity index (χ2v) is 5.79. The van der Waals surface area contributed by atoms with Crippen molar-refractivity contribution >= 4 is 17.6 Å². The molecule has 1 aromatic heterocycles. The molecule has 26 heavy (non-hydrogen) atoms. The number of carbonyl (C=O) groups excluding carboxylic acids is 2. The van der Waals surface area contributed by atoms with E-state index in [-0.39, 0.29) is 5.56 Å². The third-order valence-electron chi connectivity index (χ3n) is 3.78. The van der Waals surface area contributed by atoms with E-state index in [1.54, 1.807) is 54.7 Å². The molecule has 0 aliphatic rings. The number of amides is 1. The first kappa shape index (κ1) is 17.4. The summed E-state index contributed by atoms with van der Waals surface area (Å²) in [4.78, 5) is 29.1. The number of hydrogen-bond donors (Lipinski definition) is 1. The van der Waals surface area contributed by atoms with Crippen LogP contribution < -0.4 is 5.32 Å². The van der Waals surface area contributed by atoms with Crippen molar-refractivity contribution in [3.8, 4) is 0 Å².